The van der Waals surface area contributed by atoms with Gasteiger partial charge in [0.1, 0.15) is 12.2 Å². The highest BCUT2D eigenvalue weighted by Gasteiger charge is 2.45. The number of carbonyl (C=O) groups is 1. The number of hydrogen-bond donors (Lipinski definition) is 0. The Morgan fingerprint density at radius 1 is 1.08 bits per heavy atom. The molecule has 0 N–H and O–H groups in total. The second-order valence-electron chi connectivity index (χ2n) is 8.45. The Labute approximate surface area is 205 Å². The van der Waals surface area contributed by atoms with Gasteiger partial charge in [0, 0.05) is 48.7 Å². The average Bonchev–Trinajstić information content (AvgIpc) is 3.23. The second-order valence-corrected chi connectivity index (χ2v) is 8.45. The van der Waals surface area contributed by atoms with E-state index in [9.17, 15) is 19.7 Å². The molecule has 0 saturated carbocycles. The molecule has 0 radical (unpaired) electrons. The van der Waals surface area contributed by atoms with E-state index in [1.54, 1.807) is 31.3 Å². The van der Waals surface area contributed by atoms with E-state index in [1.165, 1.54) is 29.7 Å². The number of benzene rings is 2. The van der Waals surface area contributed by atoms with E-state index in [-0.39, 0.29) is 23.7 Å². The van der Waals surface area contributed by atoms with Gasteiger partial charge in [-0.25, -0.2) is 4.98 Å². The Morgan fingerprint density at radius 3 is 2.58 bits per heavy atom. The number of non-ortho nitro benzene ring substituents is 1. The minimum Gasteiger partial charge on any atom is -0.446 e. The minimum atomic E-state index is -1.43. The van der Waals surface area contributed by atoms with E-state index >= 15 is 0 Å². The van der Waals surface area contributed by atoms with Crippen LogP contribution < -0.4 is 5.56 Å². The highest BCUT2D eigenvalue weighted by Crippen LogP contribution is 2.37. The van der Waals surface area contributed by atoms with Crippen molar-refractivity contribution in [2.24, 2.45) is 5.10 Å². The van der Waals surface area contributed by atoms with Crippen LogP contribution in [0.5, 0.6) is 0 Å². The molecular weight excluding hydrogens is 462 g/mol. The van der Waals surface area contributed by atoms with Crippen molar-refractivity contribution >= 4 is 28.5 Å². The van der Waals surface area contributed by atoms with Gasteiger partial charge >= 0.3 is 0 Å². The molecule has 1 atom stereocenters. The Hall–Kier alpha value is -4.86. The van der Waals surface area contributed by atoms with Crippen LogP contribution in [0, 0.1) is 10.1 Å². The van der Waals surface area contributed by atoms with Crippen molar-refractivity contribution in [3.05, 3.63) is 105 Å². The predicted octanol–water partition coefficient (Wildman–Crippen LogP) is 4.04. The number of pyridine rings is 2. The minimum absolute atomic E-state index is 0.0958. The highest BCUT2D eigenvalue weighted by atomic mass is 16.6. The number of hydrogen-bond acceptors (Lipinski definition) is 7. The van der Waals surface area contributed by atoms with Crippen LogP contribution in [0.1, 0.15) is 19.4 Å². The third-order valence-electron chi connectivity index (χ3n) is 6.05. The van der Waals surface area contributed by atoms with E-state index in [1.807, 2.05) is 36.4 Å². The number of aromatic nitrogens is 2. The Morgan fingerprint density at radius 2 is 1.86 bits per heavy atom. The number of nitro benzene ring substituents is 1. The monoisotopic (exact) mass is 483 g/mol. The number of rotatable bonds is 5. The molecule has 5 rings (SSSR count). The lowest BCUT2D eigenvalue weighted by Gasteiger charge is -2.30. The standard InChI is InChI=1S/C26H21N5O5/c1-17(32)30-26(2,20-11-6-12-21(15-20)31(34)35)36-23(28-30)16-29-24-19(10-7-13-27-24)14-22(25(29)33)18-8-4-3-5-9-18/h3-15H,16H2,1-2H3. The summed E-state index contributed by atoms with van der Waals surface area (Å²) >= 11 is 0. The fourth-order valence-corrected chi connectivity index (χ4v) is 4.34. The summed E-state index contributed by atoms with van der Waals surface area (Å²) in [5.41, 5.74) is 0.179. The van der Waals surface area contributed by atoms with Gasteiger partial charge in [-0.1, -0.05) is 42.5 Å². The van der Waals surface area contributed by atoms with Crippen molar-refractivity contribution < 1.29 is 14.5 Å². The number of nitro groups is 1. The van der Waals surface area contributed by atoms with E-state index in [0.29, 0.717) is 16.8 Å². The molecule has 1 aliphatic heterocycles. The molecule has 1 unspecified atom stereocenters. The molecule has 4 aromatic rings. The third-order valence-corrected chi connectivity index (χ3v) is 6.05. The van der Waals surface area contributed by atoms with E-state index in [2.05, 4.69) is 10.1 Å². The molecule has 36 heavy (non-hydrogen) atoms. The SMILES string of the molecule is CC(=O)N1N=C(Cn2c(=O)c(-c3ccccc3)cc3cccnc32)OC1(C)c1cccc([N+](=O)[O-])c1. The van der Waals surface area contributed by atoms with Gasteiger partial charge in [-0.15, -0.1) is 5.10 Å². The number of ether oxygens (including phenoxy) is 1. The Kier molecular flexibility index (Phi) is 5.56. The molecule has 0 aliphatic carbocycles. The summed E-state index contributed by atoms with van der Waals surface area (Å²) in [4.78, 5) is 41.3. The average molecular weight is 483 g/mol. The summed E-state index contributed by atoms with van der Waals surface area (Å²) in [5.74, 6) is -0.328. The van der Waals surface area contributed by atoms with Crippen LogP contribution in [0.25, 0.3) is 22.2 Å². The summed E-state index contributed by atoms with van der Waals surface area (Å²) in [7, 11) is 0. The molecule has 1 aliphatic rings. The topological polar surface area (TPSA) is 120 Å². The highest BCUT2D eigenvalue weighted by molar-refractivity contribution is 5.86. The molecule has 2 aromatic carbocycles. The van der Waals surface area contributed by atoms with Gasteiger partial charge in [0.2, 0.25) is 17.5 Å². The summed E-state index contributed by atoms with van der Waals surface area (Å²) in [5, 5.41) is 17.6. The van der Waals surface area contributed by atoms with Gasteiger partial charge < -0.3 is 4.74 Å². The third kappa shape index (κ3) is 3.88. The first-order chi connectivity index (χ1) is 17.3. The maximum atomic E-state index is 13.6. The zero-order valence-electron chi connectivity index (χ0n) is 19.5. The molecule has 10 nitrogen and oxygen atoms in total. The van der Waals surface area contributed by atoms with E-state index in [4.69, 9.17) is 4.74 Å². The van der Waals surface area contributed by atoms with Gasteiger partial charge in [0.05, 0.1) is 4.92 Å². The lowest BCUT2D eigenvalue weighted by molar-refractivity contribution is -0.385. The predicted molar refractivity (Wildman–Crippen MR) is 133 cm³/mol. The maximum Gasteiger partial charge on any atom is 0.269 e. The molecule has 2 aromatic heterocycles. The molecule has 0 fully saturated rings. The summed E-state index contributed by atoms with van der Waals surface area (Å²) in [6.45, 7) is 2.83. The fraction of sp³-hybridized carbons (Fsp3) is 0.154. The van der Waals surface area contributed by atoms with Crippen molar-refractivity contribution in [1.82, 2.24) is 14.6 Å². The van der Waals surface area contributed by atoms with Crippen LogP contribution >= 0.6 is 0 Å². The van der Waals surface area contributed by atoms with Crippen LogP contribution in [0.3, 0.4) is 0 Å². The number of hydrazone groups is 1. The van der Waals surface area contributed by atoms with Gasteiger partial charge in [0.25, 0.3) is 11.2 Å². The first kappa shape index (κ1) is 22.9. The molecular formula is C26H21N5O5. The van der Waals surface area contributed by atoms with Crippen LogP contribution in [0.4, 0.5) is 5.69 Å². The quantitative estimate of drug-likeness (QED) is 0.312. The fourth-order valence-electron chi connectivity index (χ4n) is 4.34. The van der Waals surface area contributed by atoms with E-state index in [0.717, 1.165) is 16.0 Å². The number of amides is 1. The number of nitrogens with zero attached hydrogens (tertiary/aromatic N) is 5. The molecule has 0 saturated heterocycles. The van der Waals surface area contributed by atoms with Gasteiger partial charge in [-0.05, 0) is 23.8 Å². The van der Waals surface area contributed by atoms with Crippen LogP contribution in [0.2, 0.25) is 0 Å². The number of fused-ring (bicyclic) bond motifs is 1. The zero-order chi connectivity index (χ0) is 25.4. The van der Waals surface area contributed by atoms with Gasteiger partial charge in [-0.3, -0.25) is 24.3 Å². The Balaban J connectivity index is 1.60. The van der Waals surface area contributed by atoms with Crippen molar-refractivity contribution in [3.63, 3.8) is 0 Å². The molecule has 1 amide bonds. The first-order valence-electron chi connectivity index (χ1n) is 11.1. The first-order valence-corrected chi connectivity index (χ1v) is 11.1. The van der Waals surface area contributed by atoms with Gasteiger partial charge in [0.15, 0.2) is 0 Å². The van der Waals surface area contributed by atoms with Crippen molar-refractivity contribution in [2.45, 2.75) is 26.1 Å². The largest absolute Gasteiger partial charge is 0.446 e. The van der Waals surface area contributed by atoms with Crippen molar-refractivity contribution in [1.29, 1.82) is 0 Å². The lowest BCUT2D eigenvalue weighted by Crippen LogP contribution is -2.41. The zero-order valence-corrected chi connectivity index (χ0v) is 19.5. The maximum absolute atomic E-state index is 13.6. The smallest absolute Gasteiger partial charge is 0.269 e. The van der Waals surface area contributed by atoms with Crippen LogP contribution in [0.15, 0.2) is 88.9 Å². The van der Waals surface area contributed by atoms with Crippen molar-refractivity contribution in [2.75, 3.05) is 0 Å². The second kappa shape index (κ2) is 8.73. The van der Waals surface area contributed by atoms with Crippen molar-refractivity contribution in [3.8, 4) is 11.1 Å². The Bertz CT molecular complexity index is 1600. The van der Waals surface area contributed by atoms with Crippen LogP contribution in [-0.2, 0) is 21.8 Å². The molecule has 0 spiro atoms. The van der Waals surface area contributed by atoms with Gasteiger partial charge in [-0.2, -0.15) is 5.01 Å². The molecule has 0 bridgehead atoms. The summed E-state index contributed by atoms with van der Waals surface area (Å²) < 4.78 is 7.59. The van der Waals surface area contributed by atoms with E-state index < -0.39 is 16.6 Å². The molecule has 10 heteroatoms. The molecule has 3 heterocycles. The number of carbonyl (C=O) groups excluding carboxylic acids is 1. The lowest BCUT2D eigenvalue weighted by atomic mass is 10.0. The summed E-state index contributed by atoms with van der Waals surface area (Å²) in [6, 6.07) is 20.6. The molecule has 180 valence electrons. The van der Waals surface area contributed by atoms with Crippen LogP contribution in [-0.4, -0.2) is 31.3 Å². The normalized spacial score (nSPS) is 17.1. The summed E-state index contributed by atoms with van der Waals surface area (Å²) in [6.07, 6.45) is 1.59.